The Morgan fingerprint density at radius 2 is 2.00 bits per heavy atom. The van der Waals surface area contributed by atoms with Gasteiger partial charge in [-0.25, -0.2) is 0 Å². The number of carbonyl (C=O) groups is 2. The number of benzene rings is 1. The monoisotopic (exact) mass is 311 g/mol. The van der Waals surface area contributed by atoms with Gasteiger partial charge in [0.05, 0.1) is 18.8 Å². The Morgan fingerprint density at radius 1 is 1.33 bits per heavy atom. The lowest BCUT2D eigenvalue weighted by atomic mass is 9.95. The number of amides is 1. The van der Waals surface area contributed by atoms with Crippen LogP contribution in [-0.4, -0.2) is 42.1 Å². The van der Waals surface area contributed by atoms with Crippen LogP contribution in [0.3, 0.4) is 0 Å². The van der Waals surface area contributed by atoms with Crippen LogP contribution in [0.2, 0.25) is 0 Å². The first-order chi connectivity index (χ1) is 10.1. The zero-order valence-corrected chi connectivity index (χ0v) is 13.1. The summed E-state index contributed by atoms with van der Waals surface area (Å²) in [6, 6.07) is 7.47. The molecule has 21 heavy (non-hydrogen) atoms. The molecule has 1 amide bonds. The lowest BCUT2D eigenvalue weighted by Crippen LogP contribution is -2.31. The minimum atomic E-state index is -0.837. The summed E-state index contributed by atoms with van der Waals surface area (Å²) >= 11 is 1.29. The van der Waals surface area contributed by atoms with Crippen LogP contribution in [0.25, 0.3) is 0 Å². The Hall–Kier alpha value is -1.69. The standard InChI is InChI=1S/C15H21NO4S/c1-3-13(11-4-6-12(20-2)7-5-11)15(19)16-8-9-21-10-14(17)18/h4-7,13H,3,8-10H2,1-2H3,(H,16,19)(H,17,18). The number of ether oxygens (including phenoxy) is 1. The molecule has 5 nitrogen and oxygen atoms in total. The molecule has 0 aliphatic carbocycles. The van der Waals surface area contributed by atoms with Crippen molar-refractivity contribution in [2.75, 3.05) is 25.2 Å². The summed E-state index contributed by atoms with van der Waals surface area (Å²) < 4.78 is 5.10. The van der Waals surface area contributed by atoms with Crippen LogP contribution in [0.1, 0.15) is 24.8 Å². The van der Waals surface area contributed by atoms with E-state index in [9.17, 15) is 9.59 Å². The first-order valence-corrected chi connectivity index (χ1v) is 7.95. The Kier molecular flexibility index (Phi) is 7.68. The lowest BCUT2D eigenvalue weighted by molar-refractivity contribution is -0.133. The maximum Gasteiger partial charge on any atom is 0.313 e. The van der Waals surface area contributed by atoms with Crippen LogP contribution >= 0.6 is 11.8 Å². The van der Waals surface area contributed by atoms with Gasteiger partial charge < -0.3 is 15.2 Å². The zero-order valence-electron chi connectivity index (χ0n) is 12.3. The molecule has 0 radical (unpaired) electrons. The summed E-state index contributed by atoms with van der Waals surface area (Å²) in [7, 11) is 1.60. The Morgan fingerprint density at radius 3 is 2.52 bits per heavy atom. The first kappa shape index (κ1) is 17.4. The molecule has 6 heteroatoms. The molecule has 1 aromatic carbocycles. The molecule has 1 atom stereocenters. The largest absolute Gasteiger partial charge is 0.497 e. The summed E-state index contributed by atoms with van der Waals surface area (Å²) in [6.45, 7) is 2.44. The van der Waals surface area contributed by atoms with Crippen LogP contribution in [0.5, 0.6) is 5.75 Å². The van der Waals surface area contributed by atoms with Crippen molar-refractivity contribution in [3.8, 4) is 5.75 Å². The molecule has 0 bridgehead atoms. The topological polar surface area (TPSA) is 75.6 Å². The van der Waals surface area contributed by atoms with Crippen LogP contribution in [0.15, 0.2) is 24.3 Å². The highest BCUT2D eigenvalue weighted by atomic mass is 32.2. The van der Waals surface area contributed by atoms with Gasteiger partial charge >= 0.3 is 5.97 Å². The van der Waals surface area contributed by atoms with Gasteiger partial charge in [0.15, 0.2) is 0 Å². The van der Waals surface area contributed by atoms with E-state index < -0.39 is 5.97 Å². The third-order valence-corrected chi connectivity index (χ3v) is 3.96. The average molecular weight is 311 g/mol. The van der Waals surface area contributed by atoms with Gasteiger partial charge in [0.2, 0.25) is 5.91 Å². The average Bonchev–Trinajstić information content (AvgIpc) is 2.48. The van der Waals surface area contributed by atoms with Crippen LogP contribution < -0.4 is 10.1 Å². The number of carboxylic acid groups (broad SMARTS) is 1. The number of hydrogen-bond donors (Lipinski definition) is 2. The van der Waals surface area contributed by atoms with Gasteiger partial charge in [-0.3, -0.25) is 9.59 Å². The summed E-state index contributed by atoms with van der Waals surface area (Å²) in [5.74, 6) is 0.358. The van der Waals surface area contributed by atoms with Crippen molar-refractivity contribution in [3.05, 3.63) is 29.8 Å². The molecule has 1 aromatic rings. The van der Waals surface area contributed by atoms with E-state index in [1.54, 1.807) is 7.11 Å². The van der Waals surface area contributed by atoms with Crippen molar-refractivity contribution in [1.82, 2.24) is 5.32 Å². The number of hydrogen-bond acceptors (Lipinski definition) is 4. The molecule has 0 saturated heterocycles. The molecule has 116 valence electrons. The number of aliphatic carboxylic acids is 1. The fourth-order valence-electron chi connectivity index (χ4n) is 1.94. The molecule has 0 heterocycles. The second kappa shape index (κ2) is 9.28. The quantitative estimate of drug-likeness (QED) is 0.683. The molecule has 0 spiro atoms. The van der Waals surface area contributed by atoms with E-state index >= 15 is 0 Å². The second-order valence-corrected chi connectivity index (χ2v) is 5.58. The maximum atomic E-state index is 12.2. The number of carboxylic acids is 1. The molecule has 1 unspecified atom stereocenters. The highest BCUT2D eigenvalue weighted by molar-refractivity contribution is 7.99. The highest BCUT2D eigenvalue weighted by Gasteiger charge is 2.18. The summed E-state index contributed by atoms with van der Waals surface area (Å²) in [5, 5.41) is 11.4. The van der Waals surface area contributed by atoms with Crippen LogP contribution in [0, 0.1) is 0 Å². The van der Waals surface area contributed by atoms with Crippen molar-refractivity contribution in [1.29, 1.82) is 0 Å². The van der Waals surface area contributed by atoms with Gasteiger partial charge in [-0.15, -0.1) is 11.8 Å². The minimum Gasteiger partial charge on any atom is -0.497 e. The molecule has 0 fully saturated rings. The molecule has 0 aromatic heterocycles. The third-order valence-electron chi connectivity index (χ3n) is 3.01. The highest BCUT2D eigenvalue weighted by Crippen LogP contribution is 2.22. The number of carbonyl (C=O) groups excluding carboxylic acids is 1. The van der Waals surface area contributed by atoms with Gasteiger partial charge in [-0.2, -0.15) is 0 Å². The van der Waals surface area contributed by atoms with Crippen molar-refractivity contribution >= 4 is 23.6 Å². The normalized spacial score (nSPS) is 11.7. The van der Waals surface area contributed by atoms with Gasteiger partial charge in [-0.05, 0) is 24.1 Å². The maximum absolute atomic E-state index is 12.2. The van der Waals surface area contributed by atoms with Gasteiger partial charge in [0, 0.05) is 12.3 Å². The summed E-state index contributed by atoms with van der Waals surface area (Å²) in [6.07, 6.45) is 0.709. The number of rotatable bonds is 9. The second-order valence-electron chi connectivity index (χ2n) is 4.47. The molecule has 2 N–H and O–H groups in total. The van der Waals surface area contributed by atoms with E-state index in [-0.39, 0.29) is 17.6 Å². The van der Waals surface area contributed by atoms with Crippen molar-refractivity contribution in [2.24, 2.45) is 0 Å². The van der Waals surface area contributed by atoms with Gasteiger partial charge in [0.25, 0.3) is 0 Å². The van der Waals surface area contributed by atoms with E-state index in [1.807, 2.05) is 31.2 Å². The molecule has 0 saturated carbocycles. The van der Waals surface area contributed by atoms with Crippen LogP contribution in [0.4, 0.5) is 0 Å². The first-order valence-electron chi connectivity index (χ1n) is 6.79. The van der Waals surface area contributed by atoms with Crippen molar-refractivity contribution in [2.45, 2.75) is 19.3 Å². The van der Waals surface area contributed by atoms with Crippen molar-refractivity contribution < 1.29 is 19.4 Å². The van der Waals surface area contributed by atoms with E-state index in [1.165, 1.54) is 11.8 Å². The fourth-order valence-corrected chi connectivity index (χ4v) is 2.50. The number of thioether (sulfide) groups is 1. The molecule has 0 aliphatic heterocycles. The summed E-state index contributed by atoms with van der Waals surface area (Å²) in [5.41, 5.74) is 0.953. The smallest absolute Gasteiger partial charge is 0.313 e. The van der Waals surface area contributed by atoms with E-state index in [2.05, 4.69) is 5.32 Å². The predicted octanol–water partition coefficient (Wildman–Crippen LogP) is 2.12. The van der Waals surface area contributed by atoms with Gasteiger partial charge in [0.1, 0.15) is 5.75 Å². The molecular formula is C15H21NO4S. The SMILES string of the molecule is CCC(C(=O)NCCSCC(=O)O)c1ccc(OC)cc1. The predicted molar refractivity (Wildman–Crippen MR) is 84.0 cm³/mol. The minimum absolute atomic E-state index is 0.0291. The Labute approximate surface area is 129 Å². The molecule has 1 rings (SSSR count). The summed E-state index contributed by atoms with van der Waals surface area (Å²) in [4.78, 5) is 22.5. The molecule has 0 aliphatic rings. The fraction of sp³-hybridized carbons (Fsp3) is 0.467. The van der Waals surface area contributed by atoms with E-state index in [0.29, 0.717) is 18.7 Å². The van der Waals surface area contributed by atoms with Crippen LogP contribution in [-0.2, 0) is 9.59 Å². The Bertz CT molecular complexity index is 461. The Balaban J connectivity index is 2.46. The number of nitrogens with one attached hydrogen (secondary N) is 1. The third kappa shape index (κ3) is 6.08. The lowest BCUT2D eigenvalue weighted by Gasteiger charge is -2.15. The molecular weight excluding hydrogens is 290 g/mol. The van der Waals surface area contributed by atoms with Gasteiger partial charge in [-0.1, -0.05) is 19.1 Å². The van der Waals surface area contributed by atoms with E-state index in [0.717, 1.165) is 11.3 Å². The number of methoxy groups -OCH3 is 1. The zero-order chi connectivity index (χ0) is 15.7. The van der Waals surface area contributed by atoms with Crippen molar-refractivity contribution in [3.63, 3.8) is 0 Å². The van der Waals surface area contributed by atoms with E-state index in [4.69, 9.17) is 9.84 Å².